The molecule has 0 spiro atoms. The van der Waals surface area contributed by atoms with Gasteiger partial charge in [-0.25, -0.2) is 0 Å². The Bertz CT molecular complexity index is 345. The first kappa shape index (κ1) is 16.9. The standard InChI is InChI=1S/C8H15NO2.C6H11NO2/c1-2-11-7(10)8(9)5-3-4-6-8;7-6(5(8)9)3-1-2-4-6/h2-6,9H2,1H3;1-4,7H2,(H,8,9). The van der Waals surface area contributed by atoms with Gasteiger partial charge in [0.2, 0.25) is 0 Å². The number of carboxylic acids is 1. The van der Waals surface area contributed by atoms with Gasteiger partial charge in [0.15, 0.2) is 0 Å². The summed E-state index contributed by atoms with van der Waals surface area (Å²) in [5.41, 5.74) is 9.77. The highest BCUT2D eigenvalue weighted by atomic mass is 16.5. The maximum Gasteiger partial charge on any atom is 0.326 e. The van der Waals surface area contributed by atoms with E-state index in [0.717, 1.165) is 38.5 Å². The predicted octanol–water partition coefficient (Wildman–Crippen LogP) is 1.16. The van der Waals surface area contributed by atoms with E-state index >= 15 is 0 Å². The molecule has 20 heavy (non-hydrogen) atoms. The maximum absolute atomic E-state index is 11.2. The molecule has 2 aliphatic rings. The Kier molecular flexibility index (Phi) is 5.95. The van der Waals surface area contributed by atoms with Gasteiger partial charge >= 0.3 is 11.9 Å². The molecule has 0 aromatic heterocycles. The van der Waals surface area contributed by atoms with Crippen LogP contribution in [-0.4, -0.2) is 34.7 Å². The Hall–Kier alpha value is -1.14. The van der Waals surface area contributed by atoms with Crippen molar-refractivity contribution in [3.8, 4) is 0 Å². The highest BCUT2D eigenvalue weighted by Crippen LogP contribution is 2.28. The predicted molar refractivity (Wildman–Crippen MR) is 75.0 cm³/mol. The second kappa shape index (κ2) is 7.04. The Balaban J connectivity index is 0.000000204. The van der Waals surface area contributed by atoms with Crippen LogP contribution in [0, 0.1) is 0 Å². The van der Waals surface area contributed by atoms with Gasteiger partial charge < -0.3 is 21.3 Å². The highest BCUT2D eigenvalue weighted by molar-refractivity contribution is 5.80. The average Bonchev–Trinajstić information content (AvgIpc) is 3.01. The minimum absolute atomic E-state index is 0.225. The van der Waals surface area contributed by atoms with Crippen LogP contribution in [0.2, 0.25) is 0 Å². The van der Waals surface area contributed by atoms with Crippen molar-refractivity contribution in [1.82, 2.24) is 0 Å². The summed E-state index contributed by atoms with van der Waals surface area (Å²) in [6.07, 6.45) is 6.87. The Morgan fingerprint density at radius 2 is 1.40 bits per heavy atom. The molecule has 0 atom stereocenters. The SMILES string of the molecule is CCOC(=O)C1(N)CCCC1.NC1(C(=O)O)CCCC1. The third kappa shape index (κ3) is 4.18. The second-order valence-corrected chi connectivity index (χ2v) is 5.75. The van der Waals surface area contributed by atoms with Crippen LogP contribution >= 0.6 is 0 Å². The number of nitrogens with two attached hydrogens (primary N) is 2. The highest BCUT2D eigenvalue weighted by Gasteiger charge is 2.38. The number of carbonyl (C=O) groups is 2. The van der Waals surface area contributed by atoms with Gasteiger partial charge in [-0.05, 0) is 32.6 Å². The van der Waals surface area contributed by atoms with Crippen molar-refractivity contribution in [3.05, 3.63) is 0 Å². The van der Waals surface area contributed by atoms with Crippen molar-refractivity contribution in [1.29, 1.82) is 0 Å². The summed E-state index contributed by atoms with van der Waals surface area (Å²) in [4.78, 5) is 21.6. The number of hydrogen-bond donors (Lipinski definition) is 3. The molecule has 0 aliphatic heterocycles. The summed E-state index contributed by atoms with van der Waals surface area (Å²) in [5.74, 6) is -1.07. The molecule has 0 aromatic carbocycles. The molecule has 5 N–H and O–H groups in total. The van der Waals surface area contributed by atoms with Crippen LogP contribution in [0.15, 0.2) is 0 Å². The fraction of sp³-hybridized carbons (Fsp3) is 0.857. The molecule has 0 heterocycles. The monoisotopic (exact) mass is 286 g/mol. The zero-order chi connectivity index (χ0) is 15.2. The quantitative estimate of drug-likeness (QED) is 0.670. The molecule has 0 bridgehead atoms. The van der Waals surface area contributed by atoms with Gasteiger partial charge in [-0.3, -0.25) is 9.59 Å². The van der Waals surface area contributed by atoms with Gasteiger partial charge in [-0.2, -0.15) is 0 Å². The lowest BCUT2D eigenvalue weighted by Gasteiger charge is -2.20. The fourth-order valence-corrected chi connectivity index (χ4v) is 2.70. The third-order valence-electron chi connectivity index (χ3n) is 4.10. The third-order valence-corrected chi connectivity index (χ3v) is 4.10. The number of carbonyl (C=O) groups excluding carboxylic acids is 1. The average molecular weight is 286 g/mol. The summed E-state index contributed by atoms with van der Waals surface area (Å²) < 4.78 is 4.86. The second-order valence-electron chi connectivity index (χ2n) is 5.75. The van der Waals surface area contributed by atoms with Gasteiger partial charge in [0.05, 0.1) is 6.61 Å². The molecule has 116 valence electrons. The van der Waals surface area contributed by atoms with E-state index in [1.807, 2.05) is 0 Å². The maximum atomic E-state index is 11.2. The van der Waals surface area contributed by atoms with Crippen LogP contribution in [0.4, 0.5) is 0 Å². The molecule has 6 heteroatoms. The molecule has 0 unspecified atom stereocenters. The smallest absolute Gasteiger partial charge is 0.326 e. The minimum Gasteiger partial charge on any atom is -0.480 e. The van der Waals surface area contributed by atoms with Crippen LogP contribution < -0.4 is 11.5 Å². The normalized spacial score (nSPS) is 22.8. The first-order valence-electron chi connectivity index (χ1n) is 7.32. The first-order chi connectivity index (χ1) is 9.34. The fourth-order valence-electron chi connectivity index (χ4n) is 2.70. The van der Waals surface area contributed by atoms with Crippen molar-refractivity contribution in [2.24, 2.45) is 11.5 Å². The van der Waals surface area contributed by atoms with E-state index in [-0.39, 0.29) is 5.97 Å². The van der Waals surface area contributed by atoms with Crippen LogP contribution in [0.3, 0.4) is 0 Å². The molecular weight excluding hydrogens is 260 g/mol. The summed E-state index contributed by atoms with van der Waals surface area (Å²) in [6, 6.07) is 0. The van der Waals surface area contributed by atoms with Gasteiger partial charge in [-0.1, -0.05) is 25.7 Å². The molecule has 6 nitrogen and oxygen atoms in total. The molecule has 0 aromatic rings. The topological polar surface area (TPSA) is 116 Å². The number of esters is 1. The van der Waals surface area contributed by atoms with E-state index in [1.54, 1.807) is 6.92 Å². The first-order valence-corrected chi connectivity index (χ1v) is 7.32. The van der Waals surface area contributed by atoms with E-state index < -0.39 is 17.0 Å². The zero-order valence-corrected chi connectivity index (χ0v) is 12.2. The van der Waals surface area contributed by atoms with E-state index in [1.165, 1.54) is 0 Å². The van der Waals surface area contributed by atoms with Crippen molar-refractivity contribution >= 4 is 11.9 Å². The van der Waals surface area contributed by atoms with Crippen molar-refractivity contribution in [2.45, 2.75) is 69.4 Å². The Morgan fingerprint density at radius 1 is 1.00 bits per heavy atom. The van der Waals surface area contributed by atoms with Crippen molar-refractivity contribution in [2.75, 3.05) is 6.61 Å². The number of ether oxygens (including phenoxy) is 1. The summed E-state index contributed by atoms with van der Waals surface area (Å²) in [7, 11) is 0. The number of carboxylic acid groups (broad SMARTS) is 1. The van der Waals surface area contributed by atoms with Gasteiger partial charge in [0, 0.05) is 0 Å². The summed E-state index contributed by atoms with van der Waals surface area (Å²) >= 11 is 0. The summed E-state index contributed by atoms with van der Waals surface area (Å²) in [6.45, 7) is 2.23. The van der Waals surface area contributed by atoms with Gasteiger partial charge in [0.1, 0.15) is 11.1 Å². The Morgan fingerprint density at radius 3 is 1.70 bits per heavy atom. The molecule has 2 fully saturated rings. The molecule has 0 radical (unpaired) electrons. The van der Waals surface area contributed by atoms with Crippen LogP contribution in [0.25, 0.3) is 0 Å². The van der Waals surface area contributed by atoms with Gasteiger partial charge in [0.25, 0.3) is 0 Å². The number of rotatable bonds is 3. The largest absolute Gasteiger partial charge is 0.480 e. The van der Waals surface area contributed by atoms with Crippen LogP contribution in [0.5, 0.6) is 0 Å². The molecule has 0 amide bonds. The van der Waals surface area contributed by atoms with E-state index in [2.05, 4.69) is 0 Å². The molecular formula is C14H26N2O4. The lowest BCUT2D eigenvalue weighted by Crippen LogP contribution is -2.46. The molecule has 0 saturated heterocycles. The lowest BCUT2D eigenvalue weighted by atomic mass is 10.00. The van der Waals surface area contributed by atoms with Gasteiger partial charge in [-0.15, -0.1) is 0 Å². The summed E-state index contributed by atoms with van der Waals surface area (Å²) in [5, 5.41) is 8.55. The van der Waals surface area contributed by atoms with Crippen LogP contribution in [-0.2, 0) is 14.3 Å². The zero-order valence-electron chi connectivity index (χ0n) is 12.2. The lowest BCUT2D eigenvalue weighted by molar-refractivity contribution is -0.149. The molecule has 2 aliphatic carbocycles. The Labute approximate surface area is 119 Å². The van der Waals surface area contributed by atoms with Crippen molar-refractivity contribution < 1.29 is 19.4 Å². The van der Waals surface area contributed by atoms with Crippen LogP contribution in [0.1, 0.15) is 58.3 Å². The van der Waals surface area contributed by atoms with E-state index in [9.17, 15) is 9.59 Å². The van der Waals surface area contributed by atoms with Crippen molar-refractivity contribution in [3.63, 3.8) is 0 Å². The number of aliphatic carboxylic acids is 1. The minimum atomic E-state index is -0.889. The molecule has 2 saturated carbocycles. The van der Waals surface area contributed by atoms with E-state index in [0.29, 0.717) is 19.4 Å². The van der Waals surface area contributed by atoms with E-state index in [4.69, 9.17) is 21.3 Å². The number of hydrogen-bond acceptors (Lipinski definition) is 5. The molecule has 2 rings (SSSR count).